The van der Waals surface area contributed by atoms with E-state index in [2.05, 4.69) is 0 Å². The summed E-state index contributed by atoms with van der Waals surface area (Å²) < 4.78 is 5.44. The Kier molecular flexibility index (Phi) is 4.39. The normalized spacial score (nSPS) is 32.4. The summed E-state index contributed by atoms with van der Waals surface area (Å²) in [7, 11) is 0. The summed E-state index contributed by atoms with van der Waals surface area (Å²) in [6, 6.07) is 0.370. The highest BCUT2D eigenvalue weighted by atomic mass is 16.6. The molecule has 0 radical (unpaired) electrons. The summed E-state index contributed by atoms with van der Waals surface area (Å²) in [4.78, 5) is 13.9. The Morgan fingerprint density at radius 2 is 1.95 bits per heavy atom. The van der Waals surface area contributed by atoms with Gasteiger partial charge in [0.05, 0.1) is 0 Å². The number of nitrogens with zero attached hydrogens (tertiary/aromatic N) is 1. The average Bonchev–Trinajstić information content (AvgIpc) is 2.75. The van der Waals surface area contributed by atoms with Gasteiger partial charge in [-0.05, 0) is 51.9 Å². The standard InChI is InChI=1S/C15H28N2O2/c1-15(2,3)19-14(18)17-8-7-12(10-17)11-5-4-6-13(16)9-11/h11-13H,4-10,16H2,1-3H3/t11-,12+,13-/m0/s1. The molecule has 2 fully saturated rings. The van der Waals surface area contributed by atoms with Crippen LogP contribution in [0.15, 0.2) is 0 Å². The second-order valence-corrected chi connectivity index (χ2v) is 7.16. The molecule has 2 rings (SSSR count). The molecule has 0 aromatic heterocycles. The van der Waals surface area contributed by atoms with Crippen LogP contribution in [-0.4, -0.2) is 35.7 Å². The largest absolute Gasteiger partial charge is 0.444 e. The highest BCUT2D eigenvalue weighted by Crippen LogP contribution is 2.35. The molecule has 1 heterocycles. The van der Waals surface area contributed by atoms with E-state index in [0.717, 1.165) is 25.9 Å². The molecule has 1 aliphatic heterocycles. The number of nitrogens with two attached hydrogens (primary N) is 1. The number of likely N-dealkylation sites (tertiary alicyclic amines) is 1. The van der Waals surface area contributed by atoms with Gasteiger partial charge in [-0.25, -0.2) is 4.79 Å². The lowest BCUT2D eigenvalue weighted by Crippen LogP contribution is -2.37. The maximum atomic E-state index is 12.0. The van der Waals surface area contributed by atoms with Gasteiger partial charge in [-0.1, -0.05) is 12.8 Å². The summed E-state index contributed by atoms with van der Waals surface area (Å²) in [5, 5.41) is 0. The van der Waals surface area contributed by atoms with Gasteiger partial charge in [0.2, 0.25) is 0 Å². The van der Waals surface area contributed by atoms with Crippen molar-refractivity contribution in [3.05, 3.63) is 0 Å². The van der Waals surface area contributed by atoms with Gasteiger partial charge in [-0.15, -0.1) is 0 Å². The van der Waals surface area contributed by atoms with E-state index in [4.69, 9.17) is 10.5 Å². The molecule has 0 aromatic carbocycles. The van der Waals surface area contributed by atoms with E-state index in [1.807, 2.05) is 25.7 Å². The smallest absolute Gasteiger partial charge is 0.410 e. The first-order valence-corrected chi connectivity index (χ1v) is 7.58. The minimum Gasteiger partial charge on any atom is -0.444 e. The van der Waals surface area contributed by atoms with Crippen LogP contribution in [0.1, 0.15) is 52.9 Å². The third-order valence-corrected chi connectivity index (χ3v) is 4.30. The molecule has 2 aliphatic rings. The van der Waals surface area contributed by atoms with Crippen LogP contribution in [0.5, 0.6) is 0 Å². The molecule has 4 heteroatoms. The fraction of sp³-hybridized carbons (Fsp3) is 0.933. The lowest BCUT2D eigenvalue weighted by Gasteiger charge is -2.31. The molecular formula is C15H28N2O2. The molecule has 1 aliphatic carbocycles. The summed E-state index contributed by atoms with van der Waals surface area (Å²) in [6.07, 6.45) is 5.77. The first kappa shape index (κ1) is 14.6. The van der Waals surface area contributed by atoms with Gasteiger partial charge < -0.3 is 15.4 Å². The molecule has 0 spiro atoms. The molecule has 1 amide bonds. The van der Waals surface area contributed by atoms with E-state index in [1.54, 1.807) is 0 Å². The van der Waals surface area contributed by atoms with Gasteiger partial charge in [-0.3, -0.25) is 0 Å². The van der Waals surface area contributed by atoms with Gasteiger partial charge >= 0.3 is 6.09 Å². The van der Waals surface area contributed by atoms with Gasteiger partial charge in [-0.2, -0.15) is 0 Å². The molecule has 1 saturated heterocycles. The fourth-order valence-corrected chi connectivity index (χ4v) is 3.36. The number of carbonyl (C=O) groups excluding carboxylic acids is 1. The van der Waals surface area contributed by atoms with E-state index in [0.29, 0.717) is 17.9 Å². The van der Waals surface area contributed by atoms with E-state index in [1.165, 1.54) is 19.3 Å². The third-order valence-electron chi connectivity index (χ3n) is 4.30. The molecule has 3 atom stereocenters. The third kappa shape index (κ3) is 4.10. The zero-order valence-corrected chi connectivity index (χ0v) is 12.5. The monoisotopic (exact) mass is 268 g/mol. The number of ether oxygens (including phenoxy) is 1. The van der Waals surface area contributed by atoms with Crippen LogP contribution in [0.3, 0.4) is 0 Å². The van der Waals surface area contributed by atoms with Crippen LogP contribution < -0.4 is 5.73 Å². The molecule has 1 saturated carbocycles. The Labute approximate surface area is 116 Å². The van der Waals surface area contributed by atoms with Crippen LogP contribution in [0, 0.1) is 11.8 Å². The Morgan fingerprint density at radius 1 is 1.21 bits per heavy atom. The highest BCUT2D eigenvalue weighted by Gasteiger charge is 2.35. The second kappa shape index (κ2) is 5.70. The van der Waals surface area contributed by atoms with Crippen molar-refractivity contribution >= 4 is 6.09 Å². The van der Waals surface area contributed by atoms with Gasteiger partial charge in [0, 0.05) is 19.1 Å². The van der Waals surface area contributed by atoms with E-state index in [9.17, 15) is 4.79 Å². The molecule has 110 valence electrons. The Hall–Kier alpha value is -0.770. The van der Waals surface area contributed by atoms with Crippen molar-refractivity contribution in [1.82, 2.24) is 4.90 Å². The van der Waals surface area contributed by atoms with Crippen molar-refractivity contribution in [2.24, 2.45) is 17.6 Å². The van der Waals surface area contributed by atoms with Crippen LogP contribution in [-0.2, 0) is 4.74 Å². The summed E-state index contributed by atoms with van der Waals surface area (Å²) in [6.45, 7) is 7.44. The van der Waals surface area contributed by atoms with Crippen molar-refractivity contribution in [2.75, 3.05) is 13.1 Å². The summed E-state index contributed by atoms with van der Waals surface area (Å²) in [5.74, 6) is 1.33. The Balaban J connectivity index is 1.84. The van der Waals surface area contributed by atoms with E-state index >= 15 is 0 Å². The predicted octanol–water partition coefficient (Wildman–Crippen LogP) is 2.76. The topological polar surface area (TPSA) is 55.6 Å². The molecule has 4 nitrogen and oxygen atoms in total. The van der Waals surface area contributed by atoms with Crippen LogP contribution in [0.4, 0.5) is 4.79 Å². The van der Waals surface area contributed by atoms with Crippen molar-refractivity contribution in [2.45, 2.75) is 64.5 Å². The van der Waals surface area contributed by atoms with Crippen molar-refractivity contribution < 1.29 is 9.53 Å². The zero-order valence-electron chi connectivity index (χ0n) is 12.5. The zero-order chi connectivity index (χ0) is 14.0. The van der Waals surface area contributed by atoms with Gasteiger partial charge in [0.1, 0.15) is 5.60 Å². The number of carbonyl (C=O) groups is 1. The van der Waals surface area contributed by atoms with Gasteiger partial charge in [0.25, 0.3) is 0 Å². The molecule has 19 heavy (non-hydrogen) atoms. The molecule has 0 aromatic rings. The number of amides is 1. The number of hydrogen-bond acceptors (Lipinski definition) is 3. The molecule has 0 unspecified atom stereocenters. The first-order valence-electron chi connectivity index (χ1n) is 7.58. The summed E-state index contributed by atoms with van der Waals surface area (Å²) in [5.41, 5.74) is 5.66. The first-order chi connectivity index (χ1) is 8.85. The maximum absolute atomic E-state index is 12.0. The molecular weight excluding hydrogens is 240 g/mol. The number of rotatable bonds is 1. The second-order valence-electron chi connectivity index (χ2n) is 7.16. The van der Waals surface area contributed by atoms with E-state index < -0.39 is 5.60 Å². The highest BCUT2D eigenvalue weighted by molar-refractivity contribution is 5.68. The van der Waals surface area contributed by atoms with Crippen molar-refractivity contribution in [1.29, 1.82) is 0 Å². The minimum atomic E-state index is -0.400. The van der Waals surface area contributed by atoms with Gasteiger partial charge in [0.15, 0.2) is 0 Å². The van der Waals surface area contributed by atoms with Crippen LogP contribution >= 0.6 is 0 Å². The molecule has 2 N–H and O–H groups in total. The summed E-state index contributed by atoms with van der Waals surface area (Å²) >= 11 is 0. The predicted molar refractivity (Wildman–Crippen MR) is 75.8 cm³/mol. The minimum absolute atomic E-state index is 0.157. The molecule has 0 bridgehead atoms. The average molecular weight is 268 g/mol. The quantitative estimate of drug-likeness (QED) is 0.795. The van der Waals surface area contributed by atoms with Crippen LogP contribution in [0.2, 0.25) is 0 Å². The SMILES string of the molecule is CC(C)(C)OC(=O)N1CC[C@@H]([C@H]2CCC[C@H](N)C2)C1. The lowest BCUT2D eigenvalue weighted by molar-refractivity contribution is 0.0281. The Bertz CT molecular complexity index is 325. The van der Waals surface area contributed by atoms with Crippen LogP contribution in [0.25, 0.3) is 0 Å². The van der Waals surface area contributed by atoms with E-state index in [-0.39, 0.29) is 6.09 Å². The van der Waals surface area contributed by atoms with Crippen molar-refractivity contribution in [3.63, 3.8) is 0 Å². The van der Waals surface area contributed by atoms with Crippen molar-refractivity contribution in [3.8, 4) is 0 Å². The Morgan fingerprint density at radius 3 is 2.58 bits per heavy atom. The lowest BCUT2D eigenvalue weighted by atomic mass is 9.78. The fourth-order valence-electron chi connectivity index (χ4n) is 3.36. The maximum Gasteiger partial charge on any atom is 0.410 e. The number of hydrogen-bond donors (Lipinski definition) is 1.